The zero-order valence-electron chi connectivity index (χ0n) is 17.3. The van der Waals surface area contributed by atoms with Gasteiger partial charge in [0.15, 0.2) is 0 Å². The van der Waals surface area contributed by atoms with Gasteiger partial charge in [0, 0.05) is 24.0 Å². The van der Waals surface area contributed by atoms with Crippen LogP contribution in [-0.2, 0) is 9.59 Å². The third-order valence-corrected chi connectivity index (χ3v) is 6.29. The minimum absolute atomic E-state index is 0.0116. The lowest BCUT2D eigenvalue weighted by Crippen LogP contribution is -2.37. The van der Waals surface area contributed by atoms with Crippen molar-refractivity contribution in [2.75, 3.05) is 33.3 Å². The molecular weight excluding hydrogens is 404 g/mol. The van der Waals surface area contributed by atoms with Gasteiger partial charge in [0.2, 0.25) is 0 Å². The van der Waals surface area contributed by atoms with Gasteiger partial charge in [-0.25, -0.2) is 0 Å². The van der Waals surface area contributed by atoms with Gasteiger partial charge in [0.05, 0.1) is 24.3 Å². The molecule has 1 saturated heterocycles. The molecule has 30 heavy (non-hydrogen) atoms. The lowest BCUT2D eigenvalue weighted by Gasteiger charge is -2.27. The Balaban J connectivity index is 2.07. The van der Waals surface area contributed by atoms with Crippen molar-refractivity contribution < 1.29 is 24.5 Å². The quantitative estimate of drug-likeness (QED) is 0.380. The number of benzene rings is 1. The molecule has 1 aromatic heterocycles. The van der Waals surface area contributed by atoms with E-state index in [1.165, 1.54) is 35.5 Å². The number of Topliss-reactive ketones (excluding diaryl/α,β-unsaturated/α-hetero) is 1. The molecule has 0 unspecified atom stereocenters. The highest BCUT2D eigenvalue weighted by atomic mass is 32.1. The van der Waals surface area contributed by atoms with Crippen LogP contribution >= 0.6 is 11.3 Å². The largest absolute Gasteiger partial charge is 0.507 e. The fourth-order valence-electron chi connectivity index (χ4n) is 3.63. The van der Waals surface area contributed by atoms with Gasteiger partial charge in [0.1, 0.15) is 17.3 Å². The van der Waals surface area contributed by atoms with Crippen molar-refractivity contribution in [2.45, 2.75) is 19.9 Å². The molecule has 2 N–H and O–H groups in total. The first-order chi connectivity index (χ1) is 14.4. The summed E-state index contributed by atoms with van der Waals surface area (Å²) in [5.74, 6) is -1.60. The number of thiophene rings is 1. The van der Waals surface area contributed by atoms with E-state index >= 15 is 0 Å². The third-order valence-electron chi connectivity index (χ3n) is 5.36. The molecule has 160 valence electrons. The van der Waals surface area contributed by atoms with Crippen molar-refractivity contribution in [1.82, 2.24) is 9.80 Å². The third kappa shape index (κ3) is 4.06. The summed E-state index contributed by atoms with van der Waals surface area (Å²) in [5, 5.41) is 23.2. The summed E-state index contributed by atoms with van der Waals surface area (Å²) in [6.07, 6.45) is 0. The number of ketones is 1. The van der Waals surface area contributed by atoms with E-state index in [4.69, 9.17) is 4.74 Å². The Morgan fingerprint density at radius 2 is 1.97 bits per heavy atom. The maximum Gasteiger partial charge on any atom is 0.295 e. The number of likely N-dealkylation sites (N-methyl/N-ethyl adjacent to an activating group) is 1. The number of likely N-dealkylation sites (tertiary alicyclic amines) is 1. The van der Waals surface area contributed by atoms with Crippen LogP contribution in [0.15, 0.2) is 41.3 Å². The molecule has 0 spiro atoms. The van der Waals surface area contributed by atoms with E-state index in [0.717, 1.165) is 18.0 Å². The highest BCUT2D eigenvalue weighted by Crippen LogP contribution is 2.42. The summed E-state index contributed by atoms with van der Waals surface area (Å²) in [7, 11) is 1.46. The highest BCUT2D eigenvalue weighted by Gasteiger charge is 2.46. The Morgan fingerprint density at radius 3 is 2.53 bits per heavy atom. The van der Waals surface area contributed by atoms with E-state index in [-0.39, 0.29) is 16.9 Å². The Hall–Kier alpha value is -2.84. The number of nitrogens with zero attached hydrogens (tertiary/aromatic N) is 2. The van der Waals surface area contributed by atoms with E-state index in [2.05, 4.69) is 4.90 Å². The van der Waals surface area contributed by atoms with E-state index in [9.17, 15) is 19.8 Å². The molecule has 0 saturated carbocycles. The first-order valence-electron chi connectivity index (χ1n) is 9.84. The fraction of sp³-hybridized carbons (Fsp3) is 0.364. The molecule has 8 heteroatoms. The summed E-state index contributed by atoms with van der Waals surface area (Å²) in [4.78, 5) is 30.3. The molecule has 1 atom stereocenters. The first-order valence-corrected chi connectivity index (χ1v) is 10.7. The molecule has 1 aromatic carbocycles. The van der Waals surface area contributed by atoms with E-state index in [0.29, 0.717) is 18.8 Å². The van der Waals surface area contributed by atoms with Crippen molar-refractivity contribution in [3.63, 3.8) is 0 Å². The van der Waals surface area contributed by atoms with Crippen LogP contribution in [-0.4, -0.2) is 65.0 Å². The number of hydrogen-bond acceptors (Lipinski definition) is 7. The van der Waals surface area contributed by atoms with E-state index in [1.54, 1.807) is 6.07 Å². The number of phenols is 1. The van der Waals surface area contributed by atoms with Crippen LogP contribution in [0.4, 0.5) is 0 Å². The molecule has 3 rings (SSSR count). The monoisotopic (exact) mass is 430 g/mol. The molecule has 1 aliphatic heterocycles. The molecule has 2 aromatic rings. The summed E-state index contributed by atoms with van der Waals surface area (Å²) >= 11 is 1.41. The predicted molar refractivity (Wildman–Crippen MR) is 116 cm³/mol. The zero-order valence-corrected chi connectivity index (χ0v) is 18.1. The maximum absolute atomic E-state index is 12.9. The topological polar surface area (TPSA) is 90.3 Å². The second kappa shape index (κ2) is 9.32. The van der Waals surface area contributed by atoms with Gasteiger partial charge < -0.3 is 24.7 Å². The molecule has 0 radical (unpaired) electrons. The summed E-state index contributed by atoms with van der Waals surface area (Å²) in [6.45, 7) is 6.74. The molecule has 0 aliphatic carbocycles. The Morgan fingerprint density at radius 1 is 1.23 bits per heavy atom. The maximum atomic E-state index is 12.9. The number of amides is 1. The van der Waals surface area contributed by atoms with Gasteiger partial charge in [-0.05, 0) is 36.7 Å². The second-order valence-electron chi connectivity index (χ2n) is 6.92. The van der Waals surface area contributed by atoms with Crippen LogP contribution in [0, 0.1) is 0 Å². The number of rotatable bonds is 8. The van der Waals surface area contributed by atoms with Crippen LogP contribution in [0.3, 0.4) is 0 Å². The van der Waals surface area contributed by atoms with Crippen molar-refractivity contribution in [3.05, 3.63) is 51.7 Å². The molecule has 2 heterocycles. The highest BCUT2D eigenvalue weighted by molar-refractivity contribution is 7.10. The average molecular weight is 431 g/mol. The lowest BCUT2D eigenvalue weighted by atomic mass is 9.99. The van der Waals surface area contributed by atoms with Gasteiger partial charge in [-0.2, -0.15) is 0 Å². The van der Waals surface area contributed by atoms with E-state index in [1.807, 2.05) is 31.4 Å². The summed E-state index contributed by atoms with van der Waals surface area (Å²) in [6, 6.07) is 7.39. The van der Waals surface area contributed by atoms with Crippen molar-refractivity contribution in [2.24, 2.45) is 0 Å². The van der Waals surface area contributed by atoms with Gasteiger partial charge >= 0.3 is 0 Å². The van der Waals surface area contributed by atoms with Gasteiger partial charge in [-0.3, -0.25) is 9.59 Å². The standard InChI is InChI=1S/C22H26N2O5S/c1-4-23(5-2)10-11-24-19(17-7-6-12-30-17)18(21(27)22(24)28)20(26)15-9-8-14(29-3)13-16(15)25/h6-9,12-13,19,25-26H,4-5,10-11H2,1-3H3/t19-/m1/s1. The number of ether oxygens (including phenoxy) is 1. The zero-order chi connectivity index (χ0) is 21.8. The number of methoxy groups -OCH3 is 1. The van der Waals surface area contributed by atoms with Crippen molar-refractivity contribution in [3.8, 4) is 11.5 Å². The van der Waals surface area contributed by atoms with Crippen LogP contribution in [0.1, 0.15) is 30.3 Å². The number of carbonyl (C=O) groups excluding carboxylic acids is 2. The van der Waals surface area contributed by atoms with Crippen LogP contribution < -0.4 is 4.74 Å². The molecular formula is C22H26N2O5S. The van der Waals surface area contributed by atoms with Crippen LogP contribution in [0.25, 0.3) is 5.76 Å². The Labute approximate surface area is 179 Å². The molecule has 1 amide bonds. The van der Waals surface area contributed by atoms with Gasteiger partial charge in [0.25, 0.3) is 11.7 Å². The SMILES string of the molecule is CCN(CC)CCN1C(=O)C(=O)C(=C(O)c2ccc(OC)cc2O)[C@H]1c1cccs1. The average Bonchev–Trinajstić information content (AvgIpc) is 3.36. The van der Waals surface area contributed by atoms with Crippen molar-refractivity contribution in [1.29, 1.82) is 0 Å². The van der Waals surface area contributed by atoms with Crippen LogP contribution in [0.5, 0.6) is 11.5 Å². The number of carbonyl (C=O) groups is 2. The predicted octanol–water partition coefficient (Wildman–Crippen LogP) is 3.23. The normalized spacial score (nSPS) is 18.4. The fourth-order valence-corrected chi connectivity index (χ4v) is 4.47. The molecule has 7 nitrogen and oxygen atoms in total. The molecule has 1 fully saturated rings. The first kappa shape index (κ1) is 21.9. The Kier molecular flexibility index (Phi) is 6.79. The Bertz CT molecular complexity index is 950. The van der Waals surface area contributed by atoms with Gasteiger partial charge in [-0.1, -0.05) is 19.9 Å². The number of hydrogen-bond donors (Lipinski definition) is 2. The van der Waals surface area contributed by atoms with Crippen LogP contribution in [0.2, 0.25) is 0 Å². The molecule has 0 bridgehead atoms. The second-order valence-corrected chi connectivity index (χ2v) is 7.90. The number of aromatic hydroxyl groups is 1. The summed E-state index contributed by atoms with van der Waals surface area (Å²) < 4.78 is 5.08. The number of aliphatic hydroxyl groups excluding tert-OH is 1. The minimum Gasteiger partial charge on any atom is -0.507 e. The van der Waals surface area contributed by atoms with E-state index < -0.39 is 23.5 Å². The van der Waals surface area contributed by atoms with Gasteiger partial charge in [-0.15, -0.1) is 11.3 Å². The van der Waals surface area contributed by atoms with Crippen molar-refractivity contribution >= 4 is 28.8 Å². The number of phenolic OH excluding ortho intramolecular Hbond substituents is 1. The molecule has 1 aliphatic rings. The smallest absolute Gasteiger partial charge is 0.295 e. The minimum atomic E-state index is -0.749. The summed E-state index contributed by atoms with van der Waals surface area (Å²) in [5.41, 5.74) is 0.0709. The number of aliphatic hydroxyl groups is 1. The lowest BCUT2D eigenvalue weighted by molar-refractivity contribution is -0.140.